The Morgan fingerprint density at radius 1 is 1.24 bits per heavy atom. The topological polar surface area (TPSA) is 57.6 Å². The molecule has 1 N–H and O–H groups in total. The highest BCUT2D eigenvalue weighted by Crippen LogP contribution is 2.25. The lowest BCUT2D eigenvalue weighted by atomic mass is 10.2. The third-order valence-electron chi connectivity index (χ3n) is 2.99. The monoisotopic (exact) mass is 301 g/mol. The van der Waals surface area contributed by atoms with Gasteiger partial charge >= 0.3 is 5.97 Å². The number of aliphatic carboxylic acids is 1. The lowest BCUT2D eigenvalue weighted by molar-refractivity contribution is -0.131. The molecule has 0 fully saturated rings. The second-order valence-electron chi connectivity index (χ2n) is 4.53. The summed E-state index contributed by atoms with van der Waals surface area (Å²) in [6, 6.07) is 11.2. The molecule has 2 rings (SSSR count). The number of amides is 1. The SMILES string of the molecule is Cc1cc(C(=O)N(C)c2ccccc2)sc1/C=C/C(=O)O. The zero-order valence-corrected chi connectivity index (χ0v) is 12.6. The summed E-state index contributed by atoms with van der Waals surface area (Å²) in [4.78, 5) is 26.0. The number of benzene rings is 1. The van der Waals surface area contributed by atoms with Gasteiger partial charge in [0.15, 0.2) is 0 Å². The number of anilines is 1. The van der Waals surface area contributed by atoms with Gasteiger partial charge in [-0.2, -0.15) is 0 Å². The molecule has 0 saturated carbocycles. The molecule has 2 aromatic rings. The molecule has 108 valence electrons. The van der Waals surface area contributed by atoms with Crippen LogP contribution in [0.4, 0.5) is 5.69 Å². The number of rotatable bonds is 4. The van der Waals surface area contributed by atoms with Gasteiger partial charge in [-0.15, -0.1) is 11.3 Å². The Labute approximate surface area is 127 Å². The molecular weight excluding hydrogens is 286 g/mol. The van der Waals surface area contributed by atoms with Crippen LogP contribution in [0, 0.1) is 6.92 Å². The molecule has 0 saturated heterocycles. The second kappa shape index (κ2) is 6.37. The number of carboxylic acid groups (broad SMARTS) is 1. The minimum Gasteiger partial charge on any atom is -0.478 e. The van der Waals surface area contributed by atoms with Crippen LogP contribution < -0.4 is 4.90 Å². The fourth-order valence-electron chi connectivity index (χ4n) is 1.85. The van der Waals surface area contributed by atoms with Crippen molar-refractivity contribution in [1.82, 2.24) is 0 Å². The van der Waals surface area contributed by atoms with Gasteiger partial charge in [-0.1, -0.05) is 18.2 Å². The summed E-state index contributed by atoms with van der Waals surface area (Å²) < 4.78 is 0. The zero-order chi connectivity index (χ0) is 15.4. The zero-order valence-electron chi connectivity index (χ0n) is 11.7. The molecule has 5 heteroatoms. The largest absolute Gasteiger partial charge is 0.478 e. The second-order valence-corrected chi connectivity index (χ2v) is 5.61. The van der Waals surface area contributed by atoms with E-state index in [0.29, 0.717) is 4.88 Å². The van der Waals surface area contributed by atoms with Gasteiger partial charge in [0.05, 0.1) is 4.88 Å². The lowest BCUT2D eigenvalue weighted by Gasteiger charge is -2.15. The summed E-state index contributed by atoms with van der Waals surface area (Å²) >= 11 is 1.29. The van der Waals surface area contributed by atoms with Crippen LogP contribution in [0.5, 0.6) is 0 Å². The molecule has 1 aromatic heterocycles. The lowest BCUT2D eigenvalue weighted by Crippen LogP contribution is -2.25. The fraction of sp³-hybridized carbons (Fsp3) is 0.125. The molecule has 0 bridgehead atoms. The first kappa shape index (κ1) is 15.0. The molecule has 0 atom stereocenters. The van der Waals surface area contributed by atoms with Gasteiger partial charge in [-0.05, 0) is 36.8 Å². The maximum Gasteiger partial charge on any atom is 0.328 e. The predicted octanol–water partition coefficient (Wildman–Crippen LogP) is 3.43. The molecule has 1 amide bonds. The number of hydrogen-bond donors (Lipinski definition) is 1. The van der Waals surface area contributed by atoms with E-state index in [4.69, 9.17) is 5.11 Å². The van der Waals surface area contributed by atoms with Crippen molar-refractivity contribution in [1.29, 1.82) is 0 Å². The van der Waals surface area contributed by atoms with Gasteiger partial charge in [-0.25, -0.2) is 4.79 Å². The van der Waals surface area contributed by atoms with Gasteiger partial charge in [0.1, 0.15) is 0 Å². The molecule has 4 nitrogen and oxygen atoms in total. The van der Waals surface area contributed by atoms with Crippen LogP contribution in [0.15, 0.2) is 42.5 Å². The minimum absolute atomic E-state index is 0.107. The Morgan fingerprint density at radius 3 is 2.52 bits per heavy atom. The third kappa shape index (κ3) is 3.58. The van der Waals surface area contributed by atoms with E-state index >= 15 is 0 Å². The Bertz CT molecular complexity index is 689. The standard InChI is InChI=1S/C16H15NO3S/c1-11-10-14(21-13(11)8-9-15(18)19)16(20)17(2)12-6-4-3-5-7-12/h3-10H,1-2H3,(H,18,19)/b9-8+. The molecule has 0 aliphatic heterocycles. The smallest absolute Gasteiger partial charge is 0.328 e. The fourth-order valence-corrected chi connectivity index (χ4v) is 2.90. The molecule has 0 spiro atoms. The number of carbonyl (C=O) groups is 2. The summed E-state index contributed by atoms with van der Waals surface area (Å²) in [5, 5.41) is 8.66. The molecule has 0 unspecified atom stereocenters. The maximum absolute atomic E-state index is 12.4. The average molecular weight is 301 g/mol. The van der Waals surface area contributed by atoms with Gasteiger partial charge in [0.2, 0.25) is 0 Å². The predicted molar refractivity (Wildman–Crippen MR) is 84.9 cm³/mol. The number of thiophene rings is 1. The van der Waals surface area contributed by atoms with E-state index in [9.17, 15) is 9.59 Å². The third-order valence-corrected chi connectivity index (χ3v) is 4.18. The van der Waals surface area contributed by atoms with E-state index in [-0.39, 0.29) is 5.91 Å². The maximum atomic E-state index is 12.4. The average Bonchev–Trinajstić information content (AvgIpc) is 2.85. The minimum atomic E-state index is -1.00. The van der Waals surface area contributed by atoms with Crippen LogP contribution in [-0.4, -0.2) is 24.0 Å². The van der Waals surface area contributed by atoms with Crippen LogP contribution in [-0.2, 0) is 4.79 Å². The summed E-state index contributed by atoms with van der Waals surface area (Å²) in [5.41, 5.74) is 1.71. The first-order chi connectivity index (χ1) is 9.99. The summed E-state index contributed by atoms with van der Waals surface area (Å²) in [6.45, 7) is 1.86. The van der Waals surface area contributed by atoms with Gasteiger partial charge < -0.3 is 10.0 Å². The van der Waals surface area contributed by atoms with Gasteiger partial charge in [0.25, 0.3) is 5.91 Å². The molecule has 0 aliphatic carbocycles. The Hall–Kier alpha value is -2.40. The van der Waals surface area contributed by atoms with Crippen LogP contribution in [0.2, 0.25) is 0 Å². The van der Waals surface area contributed by atoms with Gasteiger partial charge in [-0.3, -0.25) is 4.79 Å². The van der Waals surface area contributed by atoms with E-state index in [1.54, 1.807) is 18.0 Å². The van der Waals surface area contributed by atoms with Crippen LogP contribution >= 0.6 is 11.3 Å². The first-order valence-corrected chi connectivity index (χ1v) is 7.15. The van der Waals surface area contributed by atoms with E-state index in [0.717, 1.165) is 22.2 Å². The van der Waals surface area contributed by atoms with Crippen molar-refractivity contribution in [2.24, 2.45) is 0 Å². The Balaban J connectivity index is 2.24. The molecule has 1 aromatic carbocycles. The van der Waals surface area contributed by atoms with E-state index in [1.807, 2.05) is 37.3 Å². The summed E-state index contributed by atoms with van der Waals surface area (Å²) in [7, 11) is 1.72. The van der Waals surface area contributed by atoms with Crippen molar-refractivity contribution in [3.05, 3.63) is 57.8 Å². The molecule has 0 radical (unpaired) electrons. The van der Waals surface area contributed by atoms with Crippen LogP contribution in [0.25, 0.3) is 6.08 Å². The molecular formula is C16H15NO3S. The number of aryl methyl sites for hydroxylation is 1. The van der Waals surface area contributed by atoms with E-state index in [2.05, 4.69) is 0 Å². The number of para-hydroxylation sites is 1. The van der Waals surface area contributed by atoms with Crippen molar-refractivity contribution in [2.75, 3.05) is 11.9 Å². The van der Waals surface area contributed by atoms with Crippen LogP contribution in [0.3, 0.4) is 0 Å². The van der Waals surface area contributed by atoms with Gasteiger partial charge in [0, 0.05) is 23.7 Å². The van der Waals surface area contributed by atoms with Crippen molar-refractivity contribution < 1.29 is 14.7 Å². The van der Waals surface area contributed by atoms with Crippen molar-refractivity contribution in [3.8, 4) is 0 Å². The first-order valence-electron chi connectivity index (χ1n) is 6.33. The van der Waals surface area contributed by atoms with Crippen molar-refractivity contribution in [2.45, 2.75) is 6.92 Å². The van der Waals surface area contributed by atoms with E-state index < -0.39 is 5.97 Å². The summed E-state index contributed by atoms with van der Waals surface area (Å²) in [5.74, 6) is -1.11. The number of nitrogens with zero attached hydrogens (tertiary/aromatic N) is 1. The Morgan fingerprint density at radius 2 is 1.90 bits per heavy atom. The highest BCUT2D eigenvalue weighted by Gasteiger charge is 2.16. The molecule has 21 heavy (non-hydrogen) atoms. The summed E-state index contributed by atoms with van der Waals surface area (Å²) in [6.07, 6.45) is 2.59. The Kier molecular flexibility index (Phi) is 4.55. The highest BCUT2D eigenvalue weighted by atomic mass is 32.1. The number of carbonyl (C=O) groups excluding carboxylic acids is 1. The normalized spacial score (nSPS) is 10.8. The van der Waals surface area contributed by atoms with E-state index in [1.165, 1.54) is 17.4 Å². The molecule has 0 aliphatic rings. The van der Waals surface area contributed by atoms with Crippen LogP contribution in [0.1, 0.15) is 20.1 Å². The number of carboxylic acids is 1. The van der Waals surface area contributed by atoms with Crippen molar-refractivity contribution in [3.63, 3.8) is 0 Å². The highest BCUT2D eigenvalue weighted by molar-refractivity contribution is 7.15. The number of hydrogen-bond acceptors (Lipinski definition) is 3. The molecule has 1 heterocycles. The van der Waals surface area contributed by atoms with Crippen molar-refractivity contribution >= 4 is 35.0 Å². The quantitative estimate of drug-likeness (QED) is 0.880.